The maximum Gasteiger partial charge on any atom is 0.176 e. The normalized spacial score (nSPS) is 14.2. The first-order chi connectivity index (χ1) is 7.60. The highest BCUT2D eigenvalue weighted by Gasteiger charge is 2.25. The van der Waals surface area contributed by atoms with Crippen molar-refractivity contribution >= 4 is 27.5 Å². The first-order valence-corrected chi connectivity index (χ1v) is 5.77. The zero-order valence-corrected chi connectivity index (χ0v) is 10.9. The second kappa shape index (κ2) is 6.16. The Morgan fingerprint density at radius 1 is 1.75 bits per heavy atom. The van der Waals surface area contributed by atoms with Crippen LogP contribution in [0.15, 0.2) is 16.7 Å². The van der Waals surface area contributed by atoms with E-state index in [0.29, 0.717) is 21.8 Å². The summed E-state index contributed by atoms with van der Waals surface area (Å²) >= 11 is 9.15. The number of hydrogen-bond donors (Lipinski definition) is 1. The van der Waals surface area contributed by atoms with E-state index in [2.05, 4.69) is 20.9 Å². The van der Waals surface area contributed by atoms with Gasteiger partial charge in [0.15, 0.2) is 6.29 Å². The van der Waals surface area contributed by atoms with Crippen LogP contribution in [-0.4, -0.2) is 23.0 Å². The number of hydrogen-bond acceptors (Lipinski definition) is 4. The second-order valence-corrected chi connectivity index (χ2v) is 4.30. The molecule has 0 aliphatic heterocycles. The van der Waals surface area contributed by atoms with Crippen molar-refractivity contribution in [2.75, 3.05) is 6.61 Å². The van der Waals surface area contributed by atoms with E-state index in [0.717, 1.165) is 0 Å². The SMILES string of the molecule is CCOC(O)C(C#N)c1ncc(Br)cc1Cl. The smallest absolute Gasteiger partial charge is 0.176 e. The molecule has 16 heavy (non-hydrogen) atoms. The molecule has 0 aliphatic carbocycles. The lowest BCUT2D eigenvalue weighted by atomic mass is 10.1. The number of rotatable bonds is 4. The lowest BCUT2D eigenvalue weighted by Crippen LogP contribution is -2.22. The molecule has 0 amide bonds. The maximum absolute atomic E-state index is 9.60. The first-order valence-electron chi connectivity index (χ1n) is 4.60. The summed E-state index contributed by atoms with van der Waals surface area (Å²) in [7, 11) is 0. The Morgan fingerprint density at radius 3 is 2.94 bits per heavy atom. The molecule has 0 radical (unpaired) electrons. The van der Waals surface area contributed by atoms with Crippen molar-refractivity contribution in [3.8, 4) is 6.07 Å². The van der Waals surface area contributed by atoms with Gasteiger partial charge >= 0.3 is 0 Å². The van der Waals surface area contributed by atoms with Gasteiger partial charge in [-0.05, 0) is 28.9 Å². The monoisotopic (exact) mass is 304 g/mol. The molecule has 1 rings (SSSR count). The molecule has 1 aromatic rings. The van der Waals surface area contributed by atoms with E-state index in [1.807, 2.05) is 6.07 Å². The lowest BCUT2D eigenvalue weighted by molar-refractivity contribution is -0.101. The van der Waals surface area contributed by atoms with Crippen LogP contribution in [0.3, 0.4) is 0 Å². The molecule has 1 N–H and O–H groups in total. The van der Waals surface area contributed by atoms with E-state index in [-0.39, 0.29) is 0 Å². The van der Waals surface area contributed by atoms with Crippen molar-refractivity contribution in [3.63, 3.8) is 0 Å². The molecule has 4 nitrogen and oxygen atoms in total. The van der Waals surface area contributed by atoms with Gasteiger partial charge in [0.05, 0.1) is 16.8 Å². The number of pyridine rings is 1. The molecule has 0 fully saturated rings. The van der Waals surface area contributed by atoms with E-state index in [9.17, 15) is 5.11 Å². The van der Waals surface area contributed by atoms with Crippen molar-refractivity contribution in [1.29, 1.82) is 5.26 Å². The predicted molar refractivity (Wildman–Crippen MR) is 62.9 cm³/mol. The van der Waals surface area contributed by atoms with Crippen LogP contribution in [0, 0.1) is 11.3 Å². The summed E-state index contributed by atoms with van der Waals surface area (Å²) in [5.41, 5.74) is 0.313. The van der Waals surface area contributed by atoms with E-state index in [1.165, 1.54) is 6.20 Å². The summed E-state index contributed by atoms with van der Waals surface area (Å²) in [4.78, 5) is 4.01. The topological polar surface area (TPSA) is 66.1 Å². The van der Waals surface area contributed by atoms with Gasteiger partial charge in [0.2, 0.25) is 0 Å². The number of aromatic nitrogens is 1. The summed E-state index contributed by atoms with van der Waals surface area (Å²) in [6.45, 7) is 2.04. The number of nitriles is 1. The minimum atomic E-state index is -1.22. The number of ether oxygens (including phenoxy) is 1. The number of aliphatic hydroxyl groups excluding tert-OH is 1. The van der Waals surface area contributed by atoms with Gasteiger partial charge < -0.3 is 9.84 Å². The number of aliphatic hydroxyl groups is 1. The van der Waals surface area contributed by atoms with Crippen LogP contribution in [0.25, 0.3) is 0 Å². The minimum Gasteiger partial charge on any atom is -0.366 e. The zero-order valence-electron chi connectivity index (χ0n) is 8.52. The molecule has 0 aliphatic rings. The Hall–Kier alpha value is -0.670. The van der Waals surface area contributed by atoms with Gasteiger partial charge in [0, 0.05) is 17.3 Å². The highest BCUT2D eigenvalue weighted by molar-refractivity contribution is 9.10. The fourth-order valence-electron chi connectivity index (χ4n) is 1.18. The molecular weight excluding hydrogens is 295 g/mol. The van der Waals surface area contributed by atoms with Crippen LogP contribution in [0.5, 0.6) is 0 Å². The van der Waals surface area contributed by atoms with E-state index in [4.69, 9.17) is 21.6 Å². The third-order valence-corrected chi connectivity index (χ3v) is 2.63. The van der Waals surface area contributed by atoms with Crippen LogP contribution in [0.1, 0.15) is 18.5 Å². The molecule has 86 valence electrons. The summed E-state index contributed by atoms with van der Waals surface area (Å²) in [5.74, 6) is -0.888. The Balaban J connectivity index is 3.00. The molecule has 0 bridgehead atoms. The van der Waals surface area contributed by atoms with Crippen LogP contribution < -0.4 is 0 Å². The average molecular weight is 306 g/mol. The fourth-order valence-corrected chi connectivity index (χ4v) is 1.93. The Kier molecular flexibility index (Phi) is 5.16. The molecule has 1 aromatic heterocycles. The molecule has 0 saturated carbocycles. The van der Waals surface area contributed by atoms with Gasteiger partial charge in [-0.15, -0.1) is 0 Å². The van der Waals surface area contributed by atoms with Crippen molar-refractivity contribution in [2.24, 2.45) is 0 Å². The van der Waals surface area contributed by atoms with E-state index in [1.54, 1.807) is 13.0 Å². The molecule has 0 saturated heterocycles. The molecule has 2 atom stereocenters. The number of halogens is 2. The average Bonchev–Trinajstić information content (AvgIpc) is 2.22. The summed E-state index contributed by atoms with van der Waals surface area (Å²) in [6, 6.07) is 3.54. The third-order valence-electron chi connectivity index (χ3n) is 1.89. The van der Waals surface area contributed by atoms with Crippen LogP contribution in [0.4, 0.5) is 0 Å². The summed E-state index contributed by atoms with van der Waals surface area (Å²) < 4.78 is 5.67. The van der Waals surface area contributed by atoms with Gasteiger partial charge in [0.25, 0.3) is 0 Å². The highest BCUT2D eigenvalue weighted by Crippen LogP contribution is 2.27. The third kappa shape index (κ3) is 3.16. The fraction of sp³-hybridized carbons (Fsp3) is 0.400. The number of nitrogens with zero attached hydrogens (tertiary/aromatic N) is 2. The van der Waals surface area contributed by atoms with Crippen molar-refractivity contribution in [2.45, 2.75) is 19.1 Å². The summed E-state index contributed by atoms with van der Waals surface area (Å²) in [6.07, 6.45) is 0.297. The Bertz CT molecular complexity index is 408. The molecule has 6 heteroatoms. The van der Waals surface area contributed by atoms with Crippen LogP contribution >= 0.6 is 27.5 Å². The quantitative estimate of drug-likeness (QED) is 0.868. The Labute approximate surface area is 107 Å². The highest BCUT2D eigenvalue weighted by atomic mass is 79.9. The first kappa shape index (κ1) is 13.4. The molecule has 2 unspecified atom stereocenters. The maximum atomic E-state index is 9.60. The van der Waals surface area contributed by atoms with E-state index >= 15 is 0 Å². The van der Waals surface area contributed by atoms with Gasteiger partial charge in [-0.3, -0.25) is 4.98 Å². The van der Waals surface area contributed by atoms with Crippen molar-refractivity contribution in [1.82, 2.24) is 4.98 Å². The minimum absolute atomic E-state index is 0.313. The Morgan fingerprint density at radius 2 is 2.44 bits per heavy atom. The van der Waals surface area contributed by atoms with Gasteiger partial charge in [0.1, 0.15) is 5.92 Å². The van der Waals surface area contributed by atoms with Crippen molar-refractivity contribution < 1.29 is 9.84 Å². The van der Waals surface area contributed by atoms with Gasteiger partial charge in [-0.2, -0.15) is 5.26 Å². The standard InChI is InChI=1S/C10H10BrClN2O2/c1-2-16-10(15)7(4-13)9-8(12)3-6(11)5-14-9/h3,5,7,10,15H,2H2,1H3. The molecular formula is C10H10BrClN2O2. The predicted octanol–water partition coefficient (Wildman–Crippen LogP) is 2.46. The second-order valence-electron chi connectivity index (χ2n) is 2.97. The largest absolute Gasteiger partial charge is 0.366 e. The molecule has 0 spiro atoms. The lowest BCUT2D eigenvalue weighted by Gasteiger charge is -2.16. The summed E-state index contributed by atoms with van der Waals surface area (Å²) in [5, 5.41) is 18.9. The van der Waals surface area contributed by atoms with Crippen molar-refractivity contribution in [3.05, 3.63) is 27.5 Å². The zero-order chi connectivity index (χ0) is 12.1. The van der Waals surface area contributed by atoms with Gasteiger partial charge in [-0.1, -0.05) is 11.6 Å². The van der Waals surface area contributed by atoms with Crippen LogP contribution in [-0.2, 0) is 4.74 Å². The van der Waals surface area contributed by atoms with Crippen LogP contribution in [0.2, 0.25) is 5.02 Å². The molecule has 1 heterocycles. The van der Waals surface area contributed by atoms with E-state index < -0.39 is 12.2 Å². The van der Waals surface area contributed by atoms with Gasteiger partial charge in [-0.25, -0.2) is 0 Å². The molecule has 0 aromatic carbocycles.